The third-order valence-electron chi connectivity index (χ3n) is 4.21. The highest BCUT2D eigenvalue weighted by Gasteiger charge is 2.31. The summed E-state index contributed by atoms with van der Waals surface area (Å²) in [5.41, 5.74) is 0.425. The van der Waals surface area contributed by atoms with Gasteiger partial charge in [0.1, 0.15) is 9.46 Å². The number of benzene rings is 1. The highest BCUT2D eigenvalue weighted by molar-refractivity contribution is 7.92. The van der Waals surface area contributed by atoms with Gasteiger partial charge in [-0.05, 0) is 42.3 Å². The zero-order valence-electron chi connectivity index (χ0n) is 15.1. The van der Waals surface area contributed by atoms with Gasteiger partial charge in [0.25, 0.3) is 0 Å². The SMILES string of the molecule is CCc1ccc(S(=O)(=O)NC[C@H](c2cccnc2)S(=O)(=O)c2ccccc2)s1. The van der Waals surface area contributed by atoms with E-state index in [4.69, 9.17) is 0 Å². The Balaban J connectivity index is 1.93. The van der Waals surface area contributed by atoms with Crippen molar-refractivity contribution in [2.75, 3.05) is 6.54 Å². The smallest absolute Gasteiger partial charge is 0.250 e. The summed E-state index contributed by atoms with van der Waals surface area (Å²) in [5.74, 6) is 0. The van der Waals surface area contributed by atoms with E-state index in [1.807, 2.05) is 6.92 Å². The van der Waals surface area contributed by atoms with Crippen molar-refractivity contribution < 1.29 is 16.8 Å². The van der Waals surface area contributed by atoms with Crippen molar-refractivity contribution in [2.24, 2.45) is 0 Å². The van der Waals surface area contributed by atoms with Gasteiger partial charge in [0.05, 0.1) is 4.90 Å². The van der Waals surface area contributed by atoms with Gasteiger partial charge in [-0.3, -0.25) is 4.98 Å². The minimum atomic E-state index is -3.82. The molecular formula is C19H20N2O4S3. The lowest BCUT2D eigenvalue weighted by atomic mass is 10.2. The number of sulfone groups is 1. The maximum absolute atomic E-state index is 13.2. The second-order valence-corrected chi connectivity index (χ2v) is 11.4. The van der Waals surface area contributed by atoms with Crippen LogP contribution in [0.3, 0.4) is 0 Å². The van der Waals surface area contributed by atoms with Gasteiger partial charge in [-0.1, -0.05) is 31.2 Å². The summed E-state index contributed by atoms with van der Waals surface area (Å²) in [4.78, 5) is 5.07. The molecule has 3 aromatic rings. The Hall–Kier alpha value is -2.07. The molecule has 3 rings (SSSR count). The fourth-order valence-corrected chi connectivity index (χ4v) is 6.85. The summed E-state index contributed by atoms with van der Waals surface area (Å²) in [7, 11) is -7.63. The first-order chi connectivity index (χ1) is 13.3. The number of thiophene rings is 1. The quantitative estimate of drug-likeness (QED) is 0.585. The number of nitrogens with zero attached hydrogens (tertiary/aromatic N) is 1. The standard InChI is InChI=1S/C19H20N2O4S3/c1-2-16-10-11-19(26-16)28(24,25)21-14-18(15-7-6-12-20-13-15)27(22,23)17-8-4-3-5-9-17/h3-13,18,21H,2,14H2,1H3/t18-/m1/s1. The van der Waals surface area contributed by atoms with Crippen LogP contribution in [0.2, 0.25) is 0 Å². The van der Waals surface area contributed by atoms with E-state index in [1.165, 1.54) is 41.9 Å². The number of aryl methyl sites for hydroxylation is 1. The van der Waals surface area contributed by atoms with Crippen molar-refractivity contribution in [1.82, 2.24) is 9.71 Å². The largest absolute Gasteiger partial charge is 0.264 e. The fraction of sp³-hybridized carbons (Fsp3) is 0.211. The van der Waals surface area contributed by atoms with Crippen molar-refractivity contribution in [3.8, 4) is 0 Å². The zero-order valence-corrected chi connectivity index (χ0v) is 17.6. The summed E-state index contributed by atoms with van der Waals surface area (Å²) in [5, 5.41) is -1.09. The lowest BCUT2D eigenvalue weighted by molar-refractivity contribution is 0.569. The number of rotatable bonds is 8. The molecule has 0 unspecified atom stereocenters. The molecule has 148 valence electrons. The average molecular weight is 437 g/mol. The summed E-state index contributed by atoms with van der Waals surface area (Å²) < 4.78 is 54.3. The Labute approximate surface area is 169 Å². The van der Waals surface area contributed by atoms with Crippen LogP contribution in [0, 0.1) is 0 Å². The molecular weight excluding hydrogens is 416 g/mol. The highest BCUT2D eigenvalue weighted by atomic mass is 32.2. The minimum absolute atomic E-state index is 0.132. The van der Waals surface area contributed by atoms with Crippen LogP contribution >= 0.6 is 11.3 Å². The van der Waals surface area contributed by atoms with E-state index in [1.54, 1.807) is 36.4 Å². The van der Waals surface area contributed by atoms with Crippen LogP contribution in [0.5, 0.6) is 0 Å². The van der Waals surface area contributed by atoms with Gasteiger partial charge in [0.2, 0.25) is 10.0 Å². The summed E-state index contributed by atoms with van der Waals surface area (Å²) in [6.07, 6.45) is 3.72. The second kappa shape index (κ2) is 8.52. The van der Waals surface area contributed by atoms with Gasteiger partial charge in [0, 0.05) is 23.8 Å². The summed E-state index contributed by atoms with van der Waals surface area (Å²) in [6.45, 7) is 1.66. The van der Waals surface area contributed by atoms with E-state index in [0.29, 0.717) is 5.56 Å². The van der Waals surface area contributed by atoms with E-state index >= 15 is 0 Å². The Kier molecular flexibility index (Phi) is 6.29. The molecule has 0 aliphatic rings. The van der Waals surface area contributed by atoms with Crippen LogP contribution in [0.4, 0.5) is 0 Å². The molecule has 2 heterocycles. The van der Waals surface area contributed by atoms with Gasteiger partial charge in [-0.2, -0.15) is 0 Å². The molecule has 9 heteroatoms. The molecule has 0 amide bonds. The van der Waals surface area contributed by atoms with Crippen molar-refractivity contribution in [3.63, 3.8) is 0 Å². The van der Waals surface area contributed by atoms with E-state index in [0.717, 1.165) is 11.3 Å². The van der Waals surface area contributed by atoms with Crippen LogP contribution in [0.1, 0.15) is 22.6 Å². The molecule has 6 nitrogen and oxygen atoms in total. The van der Waals surface area contributed by atoms with Gasteiger partial charge >= 0.3 is 0 Å². The predicted molar refractivity (Wildman–Crippen MR) is 109 cm³/mol. The maximum Gasteiger partial charge on any atom is 0.250 e. The Bertz CT molecular complexity index is 1130. The monoisotopic (exact) mass is 436 g/mol. The third kappa shape index (κ3) is 4.49. The molecule has 0 aliphatic heterocycles. The first-order valence-corrected chi connectivity index (χ1v) is 12.5. The molecule has 2 aromatic heterocycles. The lowest BCUT2D eigenvalue weighted by Crippen LogP contribution is -2.31. The van der Waals surface area contributed by atoms with Crippen molar-refractivity contribution >= 4 is 31.2 Å². The maximum atomic E-state index is 13.2. The lowest BCUT2D eigenvalue weighted by Gasteiger charge is -2.18. The number of hydrogen-bond donors (Lipinski definition) is 1. The molecule has 28 heavy (non-hydrogen) atoms. The van der Waals surface area contributed by atoms with Gasteiger partial charge < -0.3 is 0 Å². The fourth-order valence-electron chi connectivity index (χ4n) is 2.70. The highest BCUT2D eigenvalue weighted by Crippen LogP contribution is 2.29. The van der Waals surface area contributed by atoms with Crippen LogP contribution in [0.15, 0.2) is 76.1 Å². The summed E-state index contributed by atoms with van der Waals surface area (Å²) >= 11 is 1.18. The van der Waals surface area contributed by atoms with Crippen LogP contribution < -0.4 is 4.72 Å². The topological polar surface area (TPSA) is 93.2 Å². The Morgan fingerprint density at radius 1 is 1.00 bits per heavy atom. The van der Waals surface area contributed by atoms with Crippen molar-refractivity contribution in [3.05, 3.63) is 77.4 Å². The first-order valence-electron chi connectivity index (χ1n) is 8.62. The normalized spacial score (nSPS) is 13.3. The molecule has 0 radical (unpaired) electrons. The molecule has 1 aromatic carbocycles. The molecule has 1 atom stereocenters. The molecule has 0 saturated carbocycles. The first kappa shape index (κ1) is 20.7. The molecule has 0 spiro atoms. The zero-order chi connectivity index (χ0) is 20.2. The van der Waals surface area contributed by atoms with Gasteiger partial charge in [-0.15, -0.1) is 11.3 Å². The molecule has 1 N–H and O–H groups in total. The molecule has 0 saturated heterocycles. The number of pyridine rings is 1. The summed E-state index contributed by atoms with van der Waals surface area (Å²) in [6, 6.07) is 14.6. The predicted octanol–water partition coefficient (Wildman–Crippen LogP) is 3.20. The van der Waals surface area contributed by atoms with E-state index in [2.05, 4.69) is 9.71 Å². The van der Waals surface area contributed by atoms with Gasteiger partial charge in [-0.25, -0.2) is 21.6 Å². The number of nitrogens with one attached hydrogen (secondary N) is 1. The minimum Gasteiger partial charge on any atom is -0.264 e. The third-order valence-corrected chi connectivity index (χ3v) is 9.47. The molecule has 0 aliphatic carbocycles. The van der Waals surface area contributed by atoms with Crippen LogP contribution in [-0.4, -0.2) is 28.4 Å². The van der Waals surface area contributed by atoms with Crippen LogP contribution in [-0.2, 0) is 26.3 Å². The number of hydrogen-bond acceptors (Lipinski definition) is 6. The number of aromatic nitrogens is 1. The second-order valence-electron chi connectivity index (χ2n) is 6.06. The van der Waals surface area contributed by atoms with E-state index in [-0.39, 0.29) is 15.6 Å². The van der Waals surface area contributed by atoms with Gasteiger partial charge in [0.15, 0.2) is 9.84 Å². The Morgan fingerprint density at radius 3 is 2.36 bits per heavy atom. The average Bonchev–Trinajstić information content (AvgIpc) is 3.20. The van der Waals surface area contributed by atoms with E-state index in [9.17, 15) is 16.8 Å². The number of sulfonamides is 1. The van der Waals surface area contributed by atoms with E-state index < -0.39 is 25.1 Å². The van der Waals surface area contributed by atoms with Crippen molar-refractivity contribution in [1.29, 1.82) is 0 Å². The molecule has 0 fully saturated rings. The van der Waals surface area contributed by atoms with Crippen molar-refractivity contribution in [2.45, 2.75) is 27.7 Å². The van der Waals surface area contributed by atoms with Crippen LogP contribution in [0.25, 0.3) is 0 Å². The molecule has 0 bridgehead atoms. The Morgan fingerprint density at radius 2 is 1.75 bits per heavy atom.